The van der Waals surface area contributed by atoms with Gasteiger partial charge in [0.2, 0.25) is 0 Å². The summed E-state index contributed by atoms with van der Waals surface area (Å²) in [7, 11) is 0. The Balaban J connectivity index is 1.26. The summed E-state index contributed by atoms with van der Waals surface area (Å²) < 4.78 is 24.6. The summed E-state index contributed by atoms with van der Waals surface area (Å²) in [4.78, 5) is 16.7. The van der Waals surface area contributed by atoms with Crippen molar-refractivity contribution < 1.29 is 23.8 Å². The van der Waals surface area contributed by atoms with Crippen molar-refractivity contribution in [3.8, 4) is 11.5 Å². The molecule has 2 aliphatic heterocycles. The number of benzene rings is 2. The van der Waals surface area contributed by atoms with E-state index in [-0.39, 0.29) is 24.4 Å². The average Bonchev–Trinajstić information content (AvgIpc) is 2.79. The van der Waals surface area contributed by atoms with Gasteiger partial charge in [-0.3, -0.25) is 9.69 Å². The third-order valence-corrected chi connectivity index (χ3v) is 5.40. The smallest absolute Gasteiger partial charge is 0.251 e. The van der Waals surface area contributed by atoms with Gasteiger partial charge in [-0.1, -0.05) is 6.07 Å². The highest BCUT2D eigenvalue weighted by Crippen LogP contribution is 2.40. The highest BCUT2D eigenvalue weighted by atomic mass is 19.1. The molecule has 0 aromatic heterocycles. The van der Waals surface area contributed by atoms with Gasteiger partial charge in [-0.2, -0.15) is 0 Å². The van der Waals surface area contributed by atoms with Gasteiger partial charge < -0.3 is 24.8 Å². The zero-order valence-electron chi connectivity index (χ0n) is 16.7. The maximum Gasteiger partial charge on any atom is 0.251 e. The molecule has 1 atom stereocenters. The highest BCUT2D eigenvalue weighted by molar-refractivity contribution is 5.94. The Morgan fingerprint density at radius 3 is 2.63 bits per heavy atom. The minimum atomic E-state index is -0.353. The molecule has 0 spiro atoms. The van der Waals surface area contributed by atoms with Crippen LogP contribution >= 0.6 is 0 Å². The summed E-state index contributed by atoms with van der Waals surface area (Å²) in [6.07, 6.45) is -0.324. The topological polar surface area (TPSA) is 74.3 Å². The van der Waals surface area contributed by atoms with Gasteiger partial charge in [0, 0.05) is 44.8 Å². The molecule has 2 heterocycles. The van der Waals surface area contributed by atoms with E-state index in [9.17, 15) is 14.3 Å². The number of hydrogen-bond donors (Lipinski definition) is 2. The van der Waals surface area contributed by atoms with Crippen LogP contribution in [0.4, 0.5) is 10.1 Å². The van der Waals surface area contributed by atoms with Gasteiger partial charge in [-0.05, 0) is 36.4 Å². The molecule has 30 heavy (non-hydrogen) atoms. The SMILES string of the molecule is O=C(NCCN1CCN(c2cccc3c2OCC(CO)O3)CC1)c1ccc(F)cc1. The van der Waals surface area contributed by atoms with Crippen molar-refractivity contribution in [3.63, 3.8) is 0 Å². The third kappa shape index (κ3) is 4.66. The Morgan fingerprint density at radius 1 is 1.13 bits per heavy atom. The Bertz CT molecular complexity index is 869. The lowest BCUT2D eigenvalue weighted by atomic mass is 10.2. The molecule has 160 valence electrons. The van der Waals surface area contributed by atoms with E-state index in [1.165, 1.54) is 24.3 Å². The van der Waals surface area contributed by atoms with Crippen molar-refractivity contribution in [2.45, 2.75) is 6.10 Å². The lowest BCUT2D eigenvalue weighted by molar-refractivity contribution is 0.0459. The minimum absolute atomic E-state index is 0.0694. The largest absolute Gasteiger partial charge is 0.484 e. The van der Waals surface area contributed by atoms with E-state index in [4.69, 9.17) is 9.47 Å². The van der Waals surface area contributed by atoms with Crippen LogP contribution in [0.3, 0.4) is 0 Å². The maximum absolute atomic E-state index is 13.0. The Kier molecular flexibility index (Phi) is 6.35. The number of aliphatic hydroxyl groups is 1. The standard InChI is InChI=1S/C22H26FN3O4/c23-17-6-4-16(5-7-17)22(28)24-8-9-25-10-12-26(13-11-25)19-2-1-3-20-21(19)29-15-18(14-27)30-20/h1-7,18,27H,8-15H2,(H,24,28). The minimum Gasteiger partial charge on any atom is -0.484 e. The molecule has 1 unspecified atom stereocenters. The van der Waals surface area contributed by atoms with Gasteiger partial charge in [0.25, 0.3) is 5.91 Å². The number of nitrogens with zero attached hydrogens (tertiary/aromatic N) is 2. The highest BCUT2D eigenvalue weighted by Gasteiger charge is 2.26. The summed E-state index contributed by atoms with van der Waals surface area (Å²) in [6, 6.07) is 11.4. The lowest BCUT2D eigenvalue weighted by Crippen LogP contribution is -2.48. The number of fused-ring (bicyclic) bond motifs is 1. The fraction of sp³-hybridized carbons (Fsp3) is 0.409. The summed E-state index contributed by atoms with van der Waals surface area (Å²) in [5, 5.41) is 12.2. The van der Waals surface area contributed by atoms with Crippen molar-refractivity contribution >= 4 is 11.6 Å². The van der Waals surface area contributed by atoms with Crippen molar-refractivity contribution in [2.24, 2.45) is 0 Å². The fourth-order valence-corrected chi connectivity index (χ4v) is 3.71. The number of piperazine rings is 1. The van der Waals surface area contributed by atoms with Gasteiger partial charge in [-0.15, -0.1) is 0 Å². The number of ether oxygens (including phenoxy) is 2. The molecule has 8 heteroatoms. The molecule has 0 bridgehead atoms. The van der Waals surface area contributed by atoms with E-state index in [0.717, 1.165) is 44.2 Å². The van der Waals surface area contributed by atoms with Crippen LogP contribution in [-0.4, -0.2) is 74.5 Å². The molecule has 1 fully saturated rings. The summed E-state index contributed by atoms with van der Waals surface area (Å²) >= 11 is 0. The first-order valence-electron chi connectivity index (χ1n) is 10.2. The zero-order chi connectivity index (χ0) is 20.9. The van der Waals surface area contributed by atoms with Crippen LogP contribution in [0.1, 0.15) is 10.4 Å². The van der Waals surface area contributed by atoms with Crippen LogP contribution in [0.25, 0.3) is 0 Å². The van der Waals surface area contributed by atoms with E-state index >= 15 is 0 Å². The van der Waals surface area contributed by atoms with Gasteiger partial charge >= 0.3 is 0 Å². The van der Waals surface area contributed by atoms with Crippen LogP contribution in [0, 0.1) is 5.82 Å². The maximum atomic E-state index is 13.0. The number of carbonyl (C=O) groups is 1. The van der Waals surface area contributed by atoms with Crippen LogP contribution in [0.15, 0.2) is 42.5 Å². The molecule has 1 amide bonds. The molecule has 2 N–H and O–H groups in total. The van der Waals surface area contributed by atoms with Crippen molar-refractivity contribution in [3.05, 3.63) is 53.8 Å². The Labute approximate surface area is 175 Å². The number of halogens is 1. The molecule has 2 aliphatic rings. The van der Waals surface area contributed by atoms with E-state index in [1.807, 2.05) is 18.2 Å². The normalized spacial score (nSPS) is 18.9. The monoisotopic (exact) mass is 415 g/mol. The second kappa shape index (κ2) is 9.32. The molecule has 1 saturated heterocycles. The molecule has 4 rings (SSSR count). The van der Waals surface area contributed by atoms with E-state index in [2.05, 4.69) is 15.1 Å². The summed E-state index contributed by atoms with van der Waals surface area (Å²) in [6.45, 7) is 4.99. The number of para-hydroxylation sites is 1. The van der Waals surface area contributed by atoms with Crippen LogP contribution in [0.2, 0.25) is 0 Å². The molecule has 0 radical (unpaired) electrons. The van der Waals surface area contributed by atoms with Crippen molar-refractivity contribution in [1.29, 1.82) is 0 Å². The van der Waals surface area contributed by atoms with Crippen molar-refractivity contribution in [2.75, 3.05) is 57.4 Å². The first kappa shape index (κ1) is 20.4. The first-order chi connectivity index (χ1) is 14.6. The average molecular weight is 415 g/mol. The lowest BCUT2D eigenvalue weighted by Gasteiger charge is -2.38. The van der Waals surface area contributed by atoms with Gasteiger partial charge in [0.05, 0.1) is 12.3 Å². The number of anilines is 1. The molecule has 0 aliphatic carbocycles. The summed E-state index contributed by atoms with van der Waals surface area (Å²) in [5.41, 5.74) is 1.47. The molecule has 2 aromatic carbocycles. The van der Waals surface area contributed by atoms with Gasteiger partial charge in [-0.25, -0.2) is 4.39 Å². The Hall–Kier alpha value is -2.84. The number of hydrogen-bond acceptors (Lipinski definition) is 6. The van der Waals surface area contributed by atoms with Gasteiger partial charge in [0.1, 0.15) is 12.4 Å². The van der Waals surface area contributed by atoms with E-state index in [0.29, 0.717) is 24.5 Å². The quantitative estimate of drug-likeness (QED) is 0.745. The fourth-order valence-electron chi connectivity index (χ4n) is 3.71. The predicted molar refractivity (Wildman–Crippen MR) is 111 cm³/mol. The molecule has 2 aromatic rings. The Morgan fingerprint density at radius 2 is 1.90 bits per heavy atom. The first-order valence-corrected chi connectivity index (χ1v) is 10.2. The predicted octanol–water partition coefficient (Wildman–Crippen LogP) is 1.51. The number of nitrogens with one attached hydrogen (secondary N) is 1. The van der Waals surface area contributed by atoms with Gasteiger partial charge in [0.15, 0.2) is 17.6 Å². The van der Waals surface area contributed by atoms with Crippen LogP contribution < -0.4 is 19.7 Å². The van der Waals surface area contributed by atoms with E-state index in [1.54, 1.807) is 0 Å². The number of amides is 1. The van der Waals surface area contributed by atoms with Crippen molar-refractivity contribution in [1.82, 2.24) is 10.2 Å². The third-order valence-electron chi connectivity index (χ3n) is 5.40. The second-order valence-electron chi connectivity index (χ2n) is 7.43. The summed E-state index contributed by atoms with van der Waals surface area (Å²) in [5.74, 6) is 0.864. The second-order valence-corrected chi connectivity index (χ2v) is 7.43. The molecule has 0 saturated carbocycles. The zero-order valence-corrected chi connectivity index (χ0v) is 16.7. The molecule has 7 nitrogen and oxygen atoms in total. The van der Waals surface area contributed by atoms with Crippen LogP contribution in [0.5, 0.6) is 11.5 Å². The number of rotatable bonds is 6. The number of aliphatic hydroxyl groups excluding tert-OH is 1. The number of carbonyl (C=O) groups excluding carboxylic acids is 1. The molecular formula is C22H26FN3O4. The molecular weight excluding hydrogens is 389 g/mol. The van der Waals surface area contributed by atoms with Crippen LogP contribution in [-0.2, 0) is 0 Å². The van der Waals surface area contributed by atoms with E-state index < -0.39 is 0 Å².